The maximum absolute atomic E-state index is 11.9. The van der Waals surface area contributed by atoms with Crippen LogP contribution in [0, 0.1) is 10.1 Å². The lowest BCUT2D eigenvalue weighted by Gasteiger charge is -2.07. The number of ketones is 1. The van der Waals surface area contributed by atoms with E-state index in [1.165, 1.54) is 13.0 Å². The molecule has 0 fully saturated rings. The van der Waals surface area contributed by atoms with Crippen LogP contribution in [0.1, 0.15) is 26.3 Å². The Morgan fingerprint density at radius 2 is 1.83 bits per heavy atom. The van der Waals surface area contributed by atoms with Crippen LogP contribution in [-0.2, 0) is 0 Å². The molecule has 1 aromatic heterocycles. The van der Waals surface area contributed by atoms with Crippen LogP contribution in [0.25, 0.3) is 0 Å². The average molecular weight is 333 g/mol. The third-order valence-corrected chi connectivity index (χ3v) is 4.19. The minimum atomic E-state index is -0.462. The number of thiophene rings is 1. The Labute approximate surface area is 136 Å². The van der Waals surface area contributed by atoms with Crippen LogP contribution >= 0.6 is 11.3 Å². The summed E-state index contributed by atoms with van der Waals surface area (Å²) in [6, 6.07) is 9.53. The SMILES string of the molecule is CC(=O)c1ccc(C(=O)NCCNc2ccccc2[N+](=O)[O-])s1. The Hall–Kier alpha value is -2.74. The number of carbonyl (C=O) groups excluding carboxylic acids is 2. The molecule has 120 valence electrons. The van der Waals surface area contributed by atoms with E-state index in [4.69, 9.17) is 0 Å². The quantitative estimate of drug-likeness (QED) is 0.351. The molecule has 2 rings (SSSR count). The van der Waals surface area contributed by atoms with E-state index in [0.717, 1.165) is 11.3 Å². The smallest absolute Gasteiger partial charge is 0.292 e. The first-order valence-electron chi connectivity index (χ1n) is 6.85. The number of nitro groups is 1. The Kier molecular flexibility index (Phi) is 5.42. The number of para-hydroxylation sites is 2. The Morgan fingerprint density at radius 3 is 2.48 bits per heavy atom. The van der Waals surface area contributed by atoms with E-state index >= 15 is 0 Å². The van der Waals surface area contributed by atoms with Crippen molar-refractivity contribution in [1.82, 2.24) is 5.32 Å². The number of nitrogens with one attached hydrogen (secondary N) is 2. The van der Waals surface area contributed by atoms with E-state index in [-0.39, 0.29) is 17.4 Å². The Bertz CT molecular complexity index is 742. The van der Waals surface area contributed by atoms with E-state index in [9.17, 15) is 19.7 Å². The van der Waals surface area contributed by atoms with Crippen molar-refractivity contribution >= 4 is 34.4 Å². The summed E-state index contributed by atoms with van der Waals surface area (Å²) in [4.78, 5) is 34.5. The van der Waals surface area contributed by atoms with Crippen molar-refractivity contribution in [3.8, 4) is 0 Å². The van der Waals surface area contributed by atoms with Gasteiger partial charge in [0, 0.05) is 19.2 Å². The van der Waals surface area contributed by atoms with Gasteiger partial charge >= 0.3 is 0 Å². The standard InChI is InChI=1S/C15H15N3O4S/c1-10(19)13-6-7-14(23-13)15(20)17-9-8-16-11-4-2-3-5-12(11)18(21)22/h2-7,16H,8-9H2,1H3,(H,17,20). The molecule has 0 radical (unpaired) electrons. The second kappa shape index (κ2) is 7.50. The maximum Gasteiger partial charge on any atom is 0.292 e. The summed E-state index contributed by atoms with van der Waals surface area (Å²) >= 11 is 1.14. The topological polar surface area (TPSA) is 101 Å². The average Bonchev–Trinajstić information content (AvgIpc) is 3.02. The number of hydrogen-bond acceptors (Lipinski definition) is 6. The monoisotopic (exact) mass is 333 g/mol. The lowest BCUT2D eigenvalue weighted by atomic mass is 10.2. The third kappa shape index (κ3) is 4.36. The second-order valence-corrected chi connectivity index (χ2v) is 5.76. The van der Waals surface area contributed by atoms with Crippen molar-refractivity contribution in [2.45, 2.75) is 6.92 Å². The number of benzene rings is 1. The fourth-order valence-electron chi connectivity index (χ4n) is 1.89. The number of nitro benzene ring substituents is 1. The van der Waals surface area contributed by atoms with Crippen molar-refractivity contribution in [1.29, 1.82) is 0 Å². The molecule has 0 aliphatic heterocycles. The summed E-state index contributed by atoms with van der Waals surface area (Å²) in [6.45, 7) is 2.10. The maximum atomic E-state index is 11.9. The van der Waals surface area contributed by atoms with Crippen LogP contribution in [-0.4, -0.2) is 29.7 Å². The molecule has 0 bridgehead atoms. The van der Waals surface area contributed by atoms with Crippen LogP contribution < -0.4 is 10.6 Å². The van der Waals surface area contributed by atoms with Gasteiger partial charge in [0.25, 0.3) is 11.6 Å². The largest absolute Gasteiger partial charge is 0.378 e. The number of amides is 1. The Morgan fingerprint density at radius 1 is 1.13 bits per heavy atom. The molecule has 0 aliphatic carbocycles. The molecule has 0 unspecified atom stereocenters. The second-order valence-electron chi connectivity index (χ2n) is 4.68. The fraction of sp³-hybridized carbons (Fsp3) is 0.200. The molecule has 0 spiro atoms. The van der Waals surface area contributed by atoms with E-state index in [2.05, 4.69) is 10.6 Å². The molecular formula is C15H15N3O4S. The highest BCUT2D eigenvalue weighted by Gasteiger charge is 2.13. The minimum absolute atomic E-state index is 0.0109. The minimum Gasteiger partial charge on any atom is -0.378 e. The molecule has 2 aromatic rings. The molecule has 0 aliphatic rings. The van der Waals surface area contributed by atoms with Crippen LogP contribution in [0.3, 0.4) is 0 Å². The van der Waals surface area contributed by atoms with Gasteiger partial charge in [-0.15, -0.1) is 11.3 Å². The summed E-state index contributed by atoms with van der Waals surface area (Å²) in [5.74, 6) is -0.348. The molecule has 23 heavy (non-hydrogen) atoms. The van der Waals surface area contributed by atoms with Gasteiger partial charge in [-0.1, -0.05) is 12.1 Å². The molecule has 2 N–H and O–H groups in total. The molecule has 1 amide bonds. The zero-order valence-corrected chi connectivity index (χ0v) is 13.2. The first-order valence-corrected chi connectivity index (χ1v) is 7.67. The van der Waals surface area contributed by atoms with Gasteiger partial charge in [0.2, 0.25) is 0 Å². The first kappa shape index (κ1) is 16.6. The molecule has 0 saturated carbocycles. The van der Waals surface area contributed by atoms with Gasteiger partial charge in [-0.3, -0.25) is 19.7 Å². The molecular weight excluding hydrogens is 318 g/mol. The number of rotatable bonds is 7. The molecule has 7 nitrogen and oxygen atoms in total. The first-order chi connectivity index (χ1) is 11.0. The van der Waals surface area contributed by atoms with Gasteiger partial charge in [0.05, 0.1) is 14.7 Å². The number of Topliss-reactive ketones (excluding diaryl/α,β-unsaturated/α-hetero) is 1. The third-order valence-electron chi connectivity index (χ3n) is 3.00. The van der Waals surface area contributed by atoms with Gasteiger partial charge in [-0.05, 0) is 25.1 Å². The normalized spacial score (nSPS) is 10.1. The van der Waals surface area contributed by atoms with E-state index in [1.54, 1.807) is 30.3 Å². The van der Waals surface area contributed by atoms with Crippen molar-refractivity contribution in [3.05, 3.63) is 56.3 Å². The zero-order valence-electron chi connectivity index (χ0n) is 12.4. The van der Waals surface area contributed by atoms with E-state index in [1.807, 2.05) is 0 Å². The van der Waals surface area contributed by atoms with Crippen LogP contribution in [0.2, 0.25) is 0 Å². The Balaban J connectivity index is 1.84. The molecule has 1 aromatic carbocycles. The number of nitrogens with zero attached hydrogens (tertiary/aromatic N) is 1. The highest BCUT2D eigenvalue weighted by molar-refractivity contribution is 7.15. The fourth-order valence-corrected chi connectivity index (χ4v) is 2.71. The van der Waals surface area contributed by atoms with Crippen LogP contribution in [0.4, 0.5) is 11.4 Å². The lowest BCUT2D eigenvalue weighted by Crippen LogP contribution is -2.28. The summed E-state index contributed by atoms with van der Waals surface area (Å²) < 4.78 is 0. The van der Waals surface area contributed by atoms with Gasteiger partial charge < -0.3 is 10.6 Å². The lowest BCUT2D eigenvalue weighted by molar-refractivity contribution is -0.384. The van der Waals surface area contributed by atoms with Gasteiger partial charge in [0.15, 0.2) is 5.78 Å². The number of anilines is 1. The highest BCUT2D eigenvalue weighted by atomic mass is 32.1. The number of carbonyl (C=O) groups is 2. The molecule has 0 saturated heterocycles. The van der Waals surface area contributed by atoms with Gasteiger partial charge in [-0.25, -0.2) is 0 Å². The molecule has 0 atom stereocenters. The highest BCUT2D eigenvalue weighted by Crippen LogP contribution is 2.22. The zero-order chi connectivity index (χ0) is 16.8. The molecule has 8 heteroatoms. The van der Waals surface area contributed by atoms with Crippen molar-refractivity contribution in [2.24, 2.45) is 0 Å². The van der Waals surface area contributed by atoms with E-state index < -0.39 is 4.92 Å². The predicted molar refractivity (Wildman–Crippen MR) is 88.2 cm³/mol. The summed E-state index contributed by atoms with van der Waals surface area (Å²) in [7, 11) is 0. The van der Waals surface area contributed by atoms with E-state index in [0.29, 0.717) is 28.5 Å². The predicted octanol–water partition coefficient (Wildman–Crippen LogP) is 2.70. The van der Waals surface area contributed by atoms with Gasteiger partial charge in [0.1, 0.15) is 5.69 Å². The van der Waals surface area contributed by atoms with Crippen molar-refractivity contribution in [2.75, 3.05) is 18.4 Å². The van der Waals surface area contributed by atoms with Crippen LogP contribution in [0.5, 0.6) is 0 Å². The van der Waals surface area contributed by atoms with Gasteiger partial charge in [-0.2, -0.15) is 0 Å². The van der Waals surface area contributed by atoms with Crippen LogP contribution in [0.15, 0.2) is 36.4 Å². The summed E-state index contributed by atoms with van der Waals surface area (Å²) in [6.07, 6.45) is 0. The number of hydrogen-bond donors (Lipinski definition) is 2. The van der Waals surface area contributed by atoms with Crippen molar-refractivity contribution in [3.63, 3.8) is 0 Å². The summed E-state index contributed by atoms with van der Waals surface area (Å²) in [5.41, 5.74) is 0.393. The molecule has 1 heterocycles. The van der Waals surface area contributed by atoms with Crippen molar-refractivity contribution < 1.29 is 14.5 Å². The summed E-state index contributed by atoms with van der Waals surface area (Å²) in [5, 5.41) is 16.5.